The van der Waals surface area contributed by atoms with E-state index in [2.05, 4.69) is 22.4 Å². The number of nitrogens with zero attached hydrogens (tertiary/aromatic N) is 2. The molecule has 1 aliphatic heterocycles. The van der Waals surface area contributed by atoms with Gasteiger partial charge in [-0.1, -0.05) is 30.3 Å². The lowest BCUT2D eigenvalue weighted by molar-refractivity contribution is -0.0113. The third-order valence-corrected chi connectivity index (χ3v) is 5.40. The standard InChI is InChI=1S/C22H27N3O2/c1-16-13-21(19-9-5-6-10-20(19)23-16)24-22(26)25-11-12-27-18(15-25)14-17-7-3-2-4-8-17/h2-4,7-8,13,18H,5-6,9-12,14-15H2,1H3,(H,23,24,26). The van der Waals surface area contributed by atoms with Crippen LogP contribution in [0.4, 0.5) is 10.5 Å². The Bertz CT molecular complexity index is 807. The number of amides is 2. The Kier molecular flexibility index (Phi) is 5.39. The van der Waals surface area contributed by atoms with Crippen molar-refractivity contribution in [3.8, 4) is 0 Å². The predicted octanol–water partition coefficient (Wildman–Crippen LogP) is 3.74. The van der Waals surface area contributed by atoms with Gasteiger partial charge in [0.2, 0.25) is 0 Å². The van der Waals surface area contributed by atoms with Crippen molar-refractivity contribution in [2.24, 2.45) is 0 Å². The van der Waals surface area contributed by atoms with Gasteiger partial charge in [-0.25, -0.2) is 4.79 Å². The summed E-state index contributed by atoms with van der Waals surface area (Å²) >= 11 is 0. The fourth-order valence-electron chi connectivity index (χ4n) is 4.05. The van der Waals surface area contributed by atoms with Crippen molar-refractivity contribution >= 4 is 11.7 Å². The van der Waals surface area contributed by atoms with E-state index < -0.39 is 0 Å². The van der Waals surface area contributed by atoms with E-state index in [0.29, 0.717) is 19.7 Å². The molecule has 1 aromatic heterocycles. The maximum atomic E-state index is 12.9. The normalized spacial score (nSPS) is 19.4. The first-order valence-electron chi connectivity index (χ1n) is 9.90. The summed E-state index contributed by atoms with van der Waals surface area (Å²) in [6.07, 6.45) is 5.22. The minimum Gasteiger partial charge on any atom is -0.374 e. The molecular formula is C22H27N3O2. The van der Waals surface area contributed by atoms with Gasteiger partial charge in [-0.3, -0.25) is 4.98 Å². The smallest absolute Gasteiger partial charge is 0.322 e. The molecule has 1 unspecified atom stereocenters. The van der Waals surface area contributed by atoms with Gasteiger partial charge in [-0.15, -0.1) is 0 Å². The van der Waals surface area contributed by atoms with E-state index in [4.69, 9.17) is 4.74 Å². The number of aryl methyl sites for hydroxylation is 2. The molecule has 142 valence electrons. The lowest BCUT2D eigenvalue weighted by Crippen LogP contribution is -2.48. The zero-order valence-corrected chi connectivity index (χ0v) is 15.9. The van der Waals surface area contributed by atoms with Crippen LogP contribution in [0.15, 0.2) is 36.4 Å². The summed E-state index contributed by atoms with van der Waals surface area (Å²) in [6, 6.07) is 12.3. The molecule has 0 spiro atoms. The average Bonchev–Trinajstić information content (AvgIpc) is 2.69. The van der Waals surface area contributed by atoms with Gasteiger partial charge in [0, 0.05) is 36.6 Å². The zero-order chi connectivity index (χ0) is 18.6. The predicted molar refractivity (Wildman–Crippen MR) is 106 cm³/mol. The maximum Gasteiger partial charge on any atom is 0.322 e. The van der Waals surface area contributed by atoms with Crippen LogP contribution in [0, 0.1) is 6.92 Å². The lowest BCUT2D eigenvalue weighted by atomic mass is 9.94. The van der Waals surface area contributed by atoms with E-state index in [9.17, 15) is 4.79 Å². The van der Waals surface area contributed by atoms with Crippen molar-refractivity contribution < 1.29 is 9.53 Å². The summed E-state index contributed by atoms with van der Waals surface area (Å²) in [5.74, 6) is 0. The zero-order valence-electron chi connectivity index (χ0n) is 15.9. The summed E-state index contributed by atoms with van der Waals surface area (Å²) in [7, 11) is 0. The van der Waals surface area contributed by atoms with Gasteiger partial charge in [0.1, 0.15) is 0 Å². The van der Waals surface area contributed by atoms with Crippen molar-refractivity contribution in [3.63, 3.8) is 0 Å². The van der Waals surface area contributed by atoms with E-state index >= 15 is 0 Å². The molecule has 5 heteroatoms. The highest BCUT2D eigenvalue weighted by molar-refractivity contribution is 5.90. The lowest BCUT2D eigenvalue weighted by Gasteiger charge is -2.33. The van der Waals surface area contributed by atoms with Gasteiger partial charge in [0.05, 0.1) is 12.7 Å². The van der Waals surface area contributed by atoms with Crippen LogP contribution in [0.1, 0.15) is 35.4 Å². The topological polar surface area (TPSA) is 54.5 Å². The van der Waals surface area contributed by atoms with Gasteiger partial charge in [0.25, 0.3) is 0 Å². The quantitative estimate of drug-likeness (QED) is 0.901. The molecule has 0 radical (unpaired) electrons. The van der Waals surface area contributed by atoms with E-state index in [1.165, 1.54) is 17.5 Å². The molecule has 1 N–H and O–H groups in total. The molecule has 27 heavy (non-hydrogen) atoms. The molecule has 2 amide bonds. The van der Waals surface area contributed by atoms with Crippen molar-refractivity contribution in [2.75, 3.05) is 25.0 Å². The number of pyridine rings is 1. The van der Waals surface area contributed by atoms with Crippen LogP contribution >= 0.6 is 0 Å². The number of morpholine rings is 1. The van der Waals surface area contributed by atoms with Crippen molar-refractivity contribution in [1.82, 2.24) is 9.88 Å². The number of carbonyl (C=O) groups is 1. The molecule has 0 bridgehead atoms. The maximum absolute atomic E-state index is 12.9. The molecule has 2 aromatic rings. The fraction of sp³-hybridized carbons (Fsp3) is 0.455. The Morgan fingerprint density at radius 3 is 2.93 bits per heavy atom. The molecular weight excluding hydrogens is 338 g/mol. The van der Waals surface area contributed by atoms with Gasteiger partial charge in [-0.2, -0.15) is 0 Å². The van der Waals surface area contributed by atoms with Crippen LogP contribution < -0.4 is 5.32 Å². The first-order valence-corrected chi connectivity index (χ1v) is 9.90. The number of ether oxygens (including phenoxy) is 1. The largest absolute Gasteiger partial charge is 0.374 e. The van der Waals surface area contributed by atoms with Crippen molar-refractivity contribution in [3.05, 3.63) is 58.9 Å². The van der Waals surface area contributed by atoms with Crippen LogP contribution in [0.25, 0.3) is 0 Å². The molecule has 1 aromatic carbocycles. The highest BCUT2D eigenvalue weighted by Crippen LogP contribution is 2.28. The Morgan fingerprint density at radius 1 is 1.26 bits per heavy atom. The molecule has 0 saturated carbocycles. The number of carbonyl (C=O) groups excluding carboxylic acids is 1. The number of urea groups is 1. The average molecular weight is 365 g/mol. The number of hydrogen-bond donors (Lipinski definition) is 1. The van der Waals surface area contributed by atoms with Crippen molar-refractivity contribution in [2.45, 2.75) is 45.1 Å². The van der Waals surface area contributed by atoms with Crippen LogP contribution in [-0.2, 0) is 24.0 Å². The molecule has 1 fully saturated rings. The van der Waals surface area contributed by atoms with Gasteiger partial charge >= 0.3 is 6.03 Å². The SMILES string of the molecule is Cc1cc(NC(=O)N2CCOC(Cc3ccccc3)C2)c2c(n1)CCCC2. The van der Waals surface area contributed by atoms with Gasteiger partial charge in [-0.05, 0) is 49.8 Å². The van der Waals surface area contributed by atoms with E-state index in [1.54, 1.807) is 0 Å². The summed E-state index contributed by atoms with van der Waals surface area (Å²) < 4.78 is 5.89. The molecule has 1 atom stereocenters. The Labute approximate surface area is 160 Å². The number of benzene rings is 1. The van der Waals surface area contributed by atoms with Gasteiger partial charge < -0.3 is 15.0 Å². The fourth-order valence-corrected chi connectivity index (χ4v) is 4.05. The first-order chi connectivity index (χ1) is 13.2. The minimum atomic E-state index is -0.0327. The molecule has 1 saturated heterocycles. The van der Waals surface area contributed by atoms with Crippen LogP contribution in [-0.4, -0.2) is 41.7 Å². The molecule has 4 rings (SSSR count). The Morgan fingerprint density at radius 2 is 2.07 bits per heavy atom. The highest BCUT2D eigenvalue weighted by Gasteiger charge is 2.25. The summed E-state index contributed by atoms with van der Waals surface area (Å²) in [6.45, 7) is 3.82. The second-order valence-electron chi connectivity index (χ2n) is 7.50. The number of fused-ring (bicyclic) bond motifs is 1. The Hall–Kier alpha value is -2.40. The number of anilines is 1. The third-order valence-electron chi connectivity index (χ3n) is 5.40. The summed E-state index contributed by atoms with van der Waals surface area (Å²) in [4.78, 5) is 19.4. The molecule has 2 heterocycles. The number of aromatic nitrogens is 1. The minimum absolute atomic E-state index is 0.0327. The second kappa shape index (κ2) is 8.09. The number of hydrogen-bond acceptors (Lipinski definition) is 3. The third kappa shape index (κ3) is 4.30. The molecule has 2 aliphatic rings. The first kappa shape index (κ1) is 18.0. The van der Waals surface area contributed by atoms with E-state index in [-0.39, 0.29) is 12.1 Å². The Balaban J connectivity index is 1.43. The number of rotatable bonds is 3. The van der Waals surface area contributed by atoms with E-state index in [1.807, 2.05) is 36.1 Å². The molecule has 5 nitrogen and oxygen atoms in total. The van der Waals surface area contributed by atoms with Crippen LogP contribution in [0.5, 0.6) is 0 Å². The summed E-state index contributed by atoms with van der Waals surface area (Å²) in [5, 5.41) is 3.16. The highest BCUT2D eigenvalue weighted by atomic mass is 16.5. The van der Waals surface area contributed by atoms with Crippen LogP contribution in [0.3, 0.4) is 0 Å². The number of nitrogens with one attached hydrogen (secondary N) is 1. The second-order valence-corrected chi connectivity index (χ2v) is 7.50. The van der Waals surface area contributed by atoms with Crippen molar-refractivity contribution in [1.29, 1.82) is 0 Å². The van der Waals surface area contributed by atoms with Crippen LogP contribution in [0.2, 0.25) is 0 Å². The van der Waals surface area contributed by atoms with Gasteiger partial charge in [0.15, 0.2) is 0 Å². The van der Waals surface area contributed by atoms with E-state index in [0.717, 1.165) is 42.8 Å². The monoisotopic (exact) mass is 365 g/mol. The molecule has 1 aliphatic carbocycles. The summed E-state index contributed by atoms with van der Waals surface area (Å²) in [5.41, 5.74) is 5.52.